The molecule has 0 aliphatic heterocycles. The molecule has 0 fully saturated rings. The molecule has 0 unspecified atom stereocenters. The molecule has 0 atom stereocenters. The molecule has 20 heavy (non-hydrogen) atoms. The Morgan fingerprint density at radius 2 is 2.00 bits per heavy atom. The highest BCUT2D eigenvalue weighted by Crippen LogP contribution is 2.13. The molecule has 0 bridgehead atoms. The van der Waals surface area contributed by atoms with E-state index < -0.39 is 5.97 Å². The first kappa shape index (κ1) is 16.0. The average molecular weight is 278 g/mol. The van der Waals surface area contributed by atoms with Gasteiger partial charge < -0.3 is 15.8 Å². The molecule has 0 aliphatic rings. The first-order valence-electron chi connectivity index (χ1n) is 6.59. The van der Waals surface area contributed by atoms with Gasteiger partial charge in [0.1, 0.15) is 0 Å². The number of nitrogens with two attached hydrogens (primary N) is 1. The number of hydrogen-bond donors (Lipinski definition) is 2. The van der Waals surface area contributed by atoms with Gasteiger partial charge in [-0.1, -0.05) is 6.92 Å². The Labute approximate surface area is 119 Å². The number of anilines is 1. The van der Waals surface area contributed by atoms with E-state index in [1.165, 1.54) is 0 Å². The molecule has 0 aromatic heterocycles. The van der Waals surface area contributed by atoms with Crippen LogP contribution in [-0.4, -0.2) is 24.0 Å². The van der Waals surface area contributed by atoms with Crippen molar-refractivity contribution in [1.82, 2.24) is 5.32 Å². The van der Waals surface area contributed by atoms with Crippen LogP contribution in [-0.2, 0) is 9.53 Å². The van der Waals surface area contributed by atoms with Crippen LogP contribution in [0.2, 0.25) is 0 Å². The Bertz CT molecular complexity index is 510. The highest BCUT2D eigenvalue weighted by molar-refractivity contribution is 5.93. The number of nitrogen functional groups attached to an aromatic ring is 1. The summed E-state index contributed by atoms with van der Waals surface area (Å²) < 4.78 is 5.01. The second-order valence-electron chi connectivity index (χ2n) is 5.44. The molecule has 0 saturated carbocycles. The van der Waals surface area contributed by atoms with Crippen molar-refractivity contribution in [3.8, 4) is 0 Å². The lowest BCUT2D eigenvalue weighted by molar-refractivity contribution is -0.125. The number of carbonyl (C=O) groups is 2. The van der Waals surface area contributed by atoms with Gasteiger partial charge in [0, 0.05) is 11.2 Å². The van der Waals surface area contributed by atoms with E-state index in [1.54, 1.807) is 25.1 Å². The van der Waals surface area contributed by atoms with Crippen LogP contribution in [0.1, 0.15) is 43.1 Å². The molecule has 1 amide bonds. The minimum atomic E-state index is -0.521. The lowest BCUT2D eigenvalue weighted by Gasteiger charge is -2.24. The van der Waals surface area contributed by atoms with Gasteiger partial charge in [0.25, 0.3) is 5.91 Å². The number of esters is 1. The quantitative estimate of drug-likeness (QED) is 0.638. The van der Waals surface area contributed by atoms with Crippen LogP contribution in [0.4, 0.5) is 5.69 Å². The van der Waals surface area contributed by atoms with E-state index in [0.29, 0.717) is 11.3 Å². The Kier molecular flexibility index (Phi) is 5.13. The van der Waals surface area contributed by atoms with Crippen molar-refractivity contribution in [2.45, 2.75) is 39.7 Å². The monoisotopic (exact) mass is 278 g/mol. The SMILES string of the molecule is CCC(C)(C)NC(=O)COC(=O)c1ccc(N)cc1C. The number of aryl methyl sites for hydroxylation is 1. The molecule has 1 aromatic rings. The summed E-state index contributed by atoms with van der Waals surface area (Å²) in [5, 5.41) is 2.80. The zero-order valence-corrected chi connectivity index (χ0v) is 12.4. The van der Waals surface area contributed by atoms with Gasteiger partial charge in [-0.15, -0.1) is 0 Å². The zero-order chi connectivity index (χ0) is 15.3. The highest BCUT2D eigenvalue weighted by Gasteiger charge is 2.19. The van der Waals surface area contributed by atoms with Gasteiger partial charge in [-0.25, -0.2) is 4.79 Å². The summed E-state index contributed by atoms with van der Waals surface area (Å²) in [6, 6.07) is 4.92. The summed E-state index contributed by atoms with van der Waals surface area (Å²) in [5.41, 5.74) is 7.04. The van der Waals surface area contributed by atoms with Crippen LogP contribution in [0, 0.1) is 6.92 Å². The Morgan fingerprint density at radius 1 is 1.35 bits per heavy atom. The van der Waals surface area contributed by atoms with E-state index in [4.69, 9.17) is 10.5 Å². The average Bonchev–Trinajstić information content (AvgIpc) is 2.35. The molecule has 0 heterocycles. The van der Waals surface area contributed by atoms with E-state index in [1.807, 2.05) is 20.8 Å². The first-order valence-corrected chi connectivity index (χ1v) is 6.59. The van der Waals surface area contributed by atoms with E-state index >= 15 is 0 Å². The lowest BCUT2D eigenvalue weighted by Crippen LogP contribution is -2.44. The maximum Gasteiger partial charge on any atom is 0.338 e. The van der Waals surface area contributed by atoms with Gasteiger partial charge in [-0.2, -0.15) is 0 Å². The van der Waals surface area contributed by atoms with Gasteiger partial charge in [0.2, 0.25) is 0 Å². The molecule has 0 saturated heterocycles. The predicted molar refractivity (Wildman–Crippen MR) is 78.4 cm³/mol. The molecular formula is C15H22N2O3. The molecule has 1 aromatic carbocycles. The Hall–Kier alpha value is -2.04. The van der Waals surface area contributed by atoms with E-state index in [0.717, 1.165) is 12.0 Å². The van der Waals surface area contributed by atoms with Crippen molar-refractivity contribution in [2.75, 3.05) is 12.3 Å². The third kappa shape index (κ3) is 4.57. The number of hydrogen-bond acceptors (Lipinski definition) is 4. The number of benzene rings is 1. The predicted octanol–water partition coefficient (Wildman–Crippen LogP) is 2.04. The molecule has 0 aliphatic carbocycles. The summed E-state index contributed by atoms with van der Waals surface area (Å²) in [6.07, 6.45) is 0.795. The molecule has 3 N–H and O–H groups in total. The van der Waals surface area contributed by atoms with Crippen LogP contribution in [0.15, 0.2) is 18.2 Å². The largest absolute Gasteiger partial charge is 0.452 e. The van der Waals surface area contributed by atoms with Crippen LogP contribution in [0.25, 0.3) is 0 Å². The maximum absolute atomic E-state index is 11.9. The van der Waals surface area contributed by atoms with Crippen LogP contribution >= 0.6 is 0 Å². The van der Waals surface area contributed by atoms with Crippen LogP contribution in [0.3, 0.4) is 0 Å². The van der Waals surface area contributed by atoms with E-state index in [9.17, 15) is 9.59 Å². The van der Waals surface area contributed by atoms with Crippen molar-refractivity contribution in [2.24, 2.45) is 0 Å². The molecule has 1 rings (SSSR count). The standard InChI is InChI=1S/C15H22N2O3/c1-5-15(3,4)17-13(18)9-20-14(19)12-7-6-11(16)8-10(12)2/h6-8H,5,9,16H2,1-4H3,(H,17,18). The van der Waals surface area contributed by atoms with Crippen molar-refractivity contribution in [1.29, 1.82) is 0 Å². The van der Waals surface area contributed by atoms with Crippen molar-refractivity contribution in [3.05, 3.63) is 29.3 Å². The summed E-state index contributed by atoms with van der Waals surface area (Å²) in [4.78, 5) is 23.6. The van der Waals surface area contributed by atoms with E-state index in [2.05, 4.69) is 5.32 Å². The highest BCUT2D eigenvalue weighted by atomic mass is 16.5. The third-order valence-electron chi connectivity index (χ3n) is 3.17. The lowest BCUT2D eigenvalue weighted by atomic mass is 10.0. The van der Waals surface area contributed by atoms with Gasteiger partial charge in [0.05, 0.1) is 5.56 Å². The molecule has 0 spiro atoms. The molecule has 5 heteroatoms. The number of carbonyl (C=O) groups excluding carboxylic acids is 2. The normalized spacial score (nSPS) is 11.0. The second-order valence-corrected chi connectivity index (χ2v) is 5.44. The van der Waals surface area contributed by atoms with E-state index in [-0.39, 0.29) is 18.1 Å². The van der Waals surface area contributed by atoms with Gasteiger partial charge in [0.15, 0.2) is 6.61 Å². The number of ether oxygens (including phenoxy) is 1. The molecule has 5 nitrogen and oxygen atoms in total. The number of amides is 1. The van der Waals surface area contributed by atoms with Crippen molar-refractivity contribution < 1.29 is 14.3 Å². The summed E-state index contributed by atoms with van der Waals surface area (Å²) in [7, 11) is 0. The van der Waals surface area contributed by atoms with Crippen molar-refractivity contribution >= 4 is 17.6 Å². The van der Waals surface area contributed by atoms with Gasteiger partial charge in [-0.05, 0) is 51.0 Å². The fourth-order valence-electron chi connectivity index (χ4n) is 1.63. The topological polar surface area (TPSA) is 81.4 Å². The Balaban J connectivity index is 2.57. The van der Waals surface area contributed by atoms with Crippen molar-refractivity contribution in [3.63, 3.8) is 0 Å². The van der Waals surface area contributed by atoms with Gasteiger partial charge in [-0.3, -0.25) is 4.79 Å². The minimum absolute atomic E-state index is 0.286. The Morgan fingerprint density at radius 3 is 2.55 bits per heavy atom. The van der Waals surface area contributed by atoms with Gasteiger partial charge >= 0.3 is 5.97 Å². The smallest absolute Gasteiger partial charge is 0.338 e. The van der Waals surface area contributed by atoms with Crippen LogP contribution in [0.5, 0.6) is 0 Å². The maximum atomic E-state index is 11.9. The molecule has 110 valence electrons. The minimum Gasteiger partial charge on any atom is -0.452 e. The summed E-state index contributed by atoms with van der Waals surface area (Å²) >= 11 is 0. The fourth-order valence-corrected chi connectivity index (χ4v) is 1.63. The summed E-state index contributed by atoms with van der Waals surface area (Å²) in [6.45, 7) is 7.29. The molecule has 0 radical (unpaired) electrons. The zero-order valence-electron chi connectivity index (χ0n) is 12.4. The second kappa shape index (κ2) is 6.41. The third-order valence-corrected chi connectivity index (χ3v) is 3.17. The molecular weight excluding hydrogens is 256 g/mol. The first-order chi connectivity index (χ1) is 9.25. The number of rotatable bonds is 5. The summed E-state index contributed by atoms with van der Waals surface area (Å²) in [5.74, 6) is -0.828. The fraction of sp³-hybridized carbons (Fsp3) is 0.467. The number of nitrogens with one attached hydrogen (secondary N) is 1. The van der Waals surface area contributed by atoms with Crippen LogP contribution < -0.4 is 11.1 Å².